The number of sulfone groups is 1. The fourth-order valence-corrected chi connectivity index (χ4v) is 2.38. The third-order valence-corrected chi connectivity index (χ3v) is 3.78. The molecule has 0 aliphatic rings. The van der Waals surface area contributed by atoms with Crippen LogP contribution in [-0.4, -0.2) is 25.7 Å². The Morgan fingerprint density at radius 2 is 2.06 bits per heavy atom. The Kier molecular flexibility index (Phi) is 4.28. The molecule has 17 heavy (non-hydrogen) atoms. The maximum absolute atomic E-state index is 11.4. The first kappa shape index (κ1) is 13.7. The Morgan fingerprint density at radius 1 is 1.41 bits per heavy atom. The highest BCUT2D eigenvalue weighted by molar-refractivity contribution is 7.90. The average molecular weight is 256 g/mol. The number of carboxylic acid groups (broad SMARTS) is 1. The van der Waals surface area contributed by atoms with E-state index in [0.29, 0.717) is 6.42 Å². The van der Waals surface area contributed by atoms with Gasteiger partial charge in [-0.25, -0.2) is 8.42 Å². The first-order valence-corrected chi connectivity index (χ1v) is 7.25. The molecule has 0 amide bonds. The monoisotopic (exact) mass is 256 g/mol. The molecule has 94 valence electrons. The Morgan fingerprint density at radius 3 is 2.53 bits per heavy atom. The quantitative estimate of drug-likeness (QED) is 0.875. The summed E-state index contributed by atoms with van der Waals surface area (Å²) < 4.78 is 22.8. The summed E-state index contributed by atoms with van der Waals surface area (Å²) in [6.07, 6.45) is 1.83. The van der Waals surface area contributed by atoms with Crippen LogP contribution in [0.25, 0.3) is 0 Å². The van der Waals surface area contributed by atoms with Crippen LogP contribution >= 0.6 is 0 Å². The van der Waals surface area contributed by atoms with Crippen LogP contribution in [0.5, 0.6) is 0 Å². The zero-order chi connectivity index (χ0) is 13.1. The topological polar surface area (TPSA) is 71.4 Å². The molecule has 1 unspecified atom stereocenters. The van der Waals surface area contributed by atoms with Gasteiger partial charge in [0.05, 0.1) is 11.3 Å². The first-order valence-electron chi connectivity index (χ1n) is 5.36. The third kappa shape index (κ3) is 3.85. The summed E-state index contributed by atoms with van der Waals surface area (Å²) in [4.78, 5) is 10.9. The van der Waals surface area contributed by atoms with Gasteiger partial charge in [0.1, 0.15) is 0 Å². The SMILES string of the molecule is CCC(CC(=O)O)c1cccc(S(C)(=O)=O)c1. The lowest BCUT2D eigenvalue weighted by Crippen LogP contribution is -2.06. The zero-order valence-electron chi connectivity index (χ0n) is 9.88. The number of aliphatic carboxylic acids is 1. The number of carbonyl (C=O) groups is 1. The number of hydrogen-bond donors (Lipinski definition) is 1. The highest BCUT2D eigenvalue weighted by Crippen LogP contribution is 2.25. The van der Waals surface area contributed by atoms with E-state index in [1.54, 1.807) is 18.2 Å². The van der Waals surface area contributed by atoms with E-state index in [1.165, 1.54) is 6.07 Å². The molecule has 1 N–H and O–H groups in total. The van der Waals surface area contributed by atoms with Crippen LogP contribution in [0.1, 0.15) is 31.2 Å². The van der Waals surface area contributed by atoms with E-state index in [2.05, 4.69) is 0 Å². The molecule has 0 fully saturated rings. The number of carboxylic acids is 1. The highest BCUT2D eigenvalue weighted by Gasteiger charge is 2.15. The summed E-state index contributed by atoms with van der Waals surface area (Å²) in [6, 6.07) is 6.50. The van der Waals surface area contributed by atoms with Crippen LogP contribution in [0.3, 0.4) is 0 Å². The van der Waals surface area contributed by atoms with Gasteiger partial charge in [-0.3, -0.25) is 4.79 Å². The maximum Gasteiger partial charge on any atom is 0.303 e. The van der Waals surface area contributed by atoms with Gasteiger partial charge in [0.25, 0.3) is 0 Å². The van der Waals surface area contributed by atoms with Crippen LogP contribution in [0.2, 0.25) is 0 Å². The predicted molar refractivity (Wildman–Crippen MR) is 64.8 cm³/mol. The van der Waals surface area contributed by atoms with E-state index < -0.39 is 15.8 Å². The van der Waals surface area contributed by atoms with Gasteiger partial charge in [0.15, 0.2) is 9.84 Å². The van der Waals surface area contributed by atoms with Crippen LogP contribution in [-0.2, 0) is 14.6 Å². The molecule has 0 aliphatic heterocycles. The molecule has 0 bridgehead atoms. The summed E-state index contributed by atoms with van der Waals surface area (Å²) in [5, 5.41) is 8.79. The molecule has 1 aromatic carbocycles. The molecule has 0 saturated heterocycles. The Balaban J connectivity index is 3.09. The standard InChI is InChI=1S/C12H16O4S/c1-3-9(8-12(13)14)10-5-4-6-11(7-10)17(2,15)16/h4-7,9H,3,8H2,1-2H3,(H,13,14). The van der Waals surface area contributed by atoms with Crippen LogP contribution < -0.4 is 0 Å². The van der Waals surface area contributed by atoms with Gasteiger partial charge in [-0.2, -0.15) is 0 Å². The number of hydrogen-bond acceptors (Lipinski definition) is 3. The predicted octanol–water partition coefficient (Wildman–Crippen LogP) is 2.06. The summed E-state index contributed by atoms with van der Waals surface area (Å²) in [5.74, 6) is -1.02. The lowest BCUT2D eigenvalue weighted by molar-refractivity contribution is -0.137. The molecule has 4 nitrogen and oxygen atoms in total. The van der Waals surface area contributed by atoms with Crippen molar-refractivity contribution in [2.75, 3.05) is 6.26 Å². The smallest absolute Gasteiger partial charge is 0.303 e. The van der Waals surface area contributed by atoms with Gasteiger partial charge in [-0.15, -0.1) is 0 Å². The van der Waals surface area contributed by atoms with E-state index in [-0.39, 0.29) is 17.2 Å². The van der Waals surface area contributed by atoms with Gasteiger partial charge >= 0.3 is 5.97 Å². The molecule has 0 heterocycles. The molecule has 0 radical (unpaired) electrons. The lowest BCUT2D eigenvalue weighted by atomic mass is 9.93. The van der Waals surface area contributed by atoms with Crippen molar-refractivity contribution in [3.05, 3.63) is 29.8 Å². The summed E-state index contributed by atoms with van der Waals surface area (Å²) in [7, 11) is -3.24. The van der Waals surface area contributed by atoms with Crippen molar-refractivity contribution >= 4 is 15.8 Å². The van der Waals surface area contributed by atoms with Crippen molar-refractivity contribution in [1.82, 2.24) is 0 Å². The van der Waals surface area contributed by atoms with E-state index in [4.69, 9.17) is 5.11 Å². The Labute approximate surface area is 101 Å². The minimum atomic E-state index is -3.24. The van der Waals surface area contributed by atoms with Crippen molar-refractivity contribution in [1.29, 1.82) is 0 Å². The molecule has 0 aliphatic carbocycles. The molecule has 0 spiro atoms. The van der Waals surface area contributed by atoms with Crippen molar-refractivity contribution in [2.24, 2.45) is 0 Å². The minimum Gasteiger partial charge on any atom is -0.481 e. The third-order valence-electron chi connectivity index (χ3n) is 2.67. The van der Waals surface area contributed by atoms with Crippen LogP contribution in [0.15, 0.2) is 29.2 Å². The molecule has 0 saturated carbocycles. The maximum atomic E-state index is 11.4. The van der Waals surface area contributed by atoms with Crippen molar-refractivity contribution in [2.45, 2.75) is 30.6 Å². The van der Waals surface area contributed by atoms with Crippen LogP contribution in [0, 0.1) is 0 Å². The number of benzene rings is 1. The minimum absolute atomic E-state index is 0.0176. The molecule has 1 aromatic rings. The second kappa shape index (κ2) is 5.31. The summed E-state index contributed by atoms with van der Waals surface area (Å²) in [5.41, 5.74) is 0.762. The van der Waals surface area contributed by atoms with Crippen molar-refractivity contribution in [3.63, 3.8) is 0 Å². The zero-order valence-corrected chi connectivity index (χ0v) is 10.7. The fraction of sp³-hybridized carbons (Fsp3) is 0.417. The van der Waals surface area contributed by atoms with Crippen molar-refractivity contribution in [3.8, 4) is 0 Å². The first-order chi connectivity index (χ1) is 7.84. The molecule has 1 atom stereocenters. The van der Waals surface area contributed by atoms with E-state index in [9.17, 15) is 13.2 Å². The normalized spacial score (nSPS) is 13.3. The van der Waals surface area contributed by atoms with Crippen LogP contribution in [0.4, 0.5) is 0 Å². The van der Waals surface area contributed by atoms with Gasteiger partial charge < -0.3 is 5.11 Å². The molecular weight excluding hydrogens is 240 g/mol. The molecule has 1 rings (SSSR count). The van der Waals surface area contributed by atoms with Gasteiger partial charge in [0.2, 0.25) is 0 Å². The van der Waals surface area contributed by atoms with Gasteiger partial charge in [-0.1, -0.05) is 19.1 Å². The summed E-state index contributed by atoms with van der Waals surface area (Å²) >= 11 is 0. The second-order valence-electron chi connectivity index (χ2n) is 4.05. The second-order valence-corrected chi connectivity index (χ2v) is 6.06. The summed E-state index contributed by atoms with van der Waals surface area (Å²) in [6.45, 7) is 1.89. The van der Waals surface area contributed by atoms with Gasteiger partial charge in [-0.05, 0) is 30.0 Å². The van der Waals surface area contributed by atoms with E-state index in [1.807, 2.05) is 6.92 Å². The molecule has 5 heteroatoms. The van der Waals surface area contributed by atoms with E-state index in [0.717, 1.165) is 11.8 Å². The highest BCUT2D eigenvalue weighted by atomic mass is 32.2. The fourth-order valence-electron chi connectivity index (χ4n) is 1.71. The van der Waals surface area contributed by atoms with Crippen molar-refractivity contribution < 1.29 is 18.3 Å². The molecule has 0 aromatic heterocycles. The largest absolute Gasteiger partial charge is 0.481 e. The molecular formula is C12H16O4S. The van der Waals surface area contributed by atoms with Gasteiger partial charge in [0, 0.05) is 6.26 Å². The average Bonchev–Trinajstić information content (AvgIpc) is 2.24. The Bertz CT molecular complexity index is 505. The van der Waals surface area contributed by atoms with E-state index >= 15 is 0 Å². The Hall–Kier alpha value is -1.36. The lowest BCUT2D eigenvalue weighted by Gasteiger charge is -2.13. The number of rotatable bonds is 5.